The van der Waals surface area contributed by atoms with E-state index in [1.807, 2.05) is 4.90 Å². The Labute approximate surface area is 202 Å². The zero-order valence-electron chi connectivity index (χ0n) is 19.4. The van der Waals surface area contributed by atoms with Gasteiger partial charge in [-0.3, -0.25) is 39.1 Å². The fourth-order valence-electron chi connectivity index (χ4n) is 5.49. The Morgan fingerprint density at radius 1 is 0.914 bits per heavy atom. The summed E-state index contributed by atoms with van der Waals surface area (Å²) in [6.07, 6.45) is 2.73. The maximum absolute atomic E-state index is 15.1. The number of carbonyl (C=O) groups excluding carboxylic acids is 5. The Balaban J connectivity index is 1.25. The van der Waals surface area contributed by atoms with Gasteiger partial charge < -0.3 is 9.80 Å². The van der Waals surface area contributed by atoms with Crippen LogP contribution in [0.25, 0.3) is 0 Å². The molecule has 1 unspecified atom stereocenters. The van der Waals surface area contributed by atoms with Crippen molar-refractivity contribution in [1.29, 1.82) is 0 Å². The van der Waals surface area contributed by atoms with E-state index in [0.29, 0.717) is 19.0 Å². The molecule has 0 aromatic heterocycles. The number of fused-ring (bicyclic) bond motifs is 1. The first-order chi connectivity index (χ1) is 16.9. The fourth-order valence-corrected chi connectivity index (χ4v) is 5.49. The van der Waals surface area contributed by atoms with Crippen LogP contribution in [0.1, 0.15) is 46.4 Å². The minimum absolute atomic E-state index is 0.0329. The molecule has 4 aliphatic heterocycles. The number of hydrogen-bond acceptors (Lipinski definition) is 7. The number of nitrogens with one attached hydrogen (secondary N) is 1. The van der Waals surface area contributed by atoms with Gasteiger partial charge in [0, 0.05) is 52.2 Å². The highest BCUT2D eigenvalue weighted by Gasteiger charge is 2.45. The molecule has 3 fully saturated rings. The topological polar surface area (TPSA) is 110 Å². The number of hydrogen-bond donors (Lipinski definition) is 1. The van der Waals surface area contributed by atoms with E-state index in [2.05, 4.69) is 10.2 Å². The van der Waals surface area contributed by atoms with Crippen molar-refractivity contribution >= 4 is 35.7 Å². The normalized spacial score (nSPS) is 24.1. The molecule has 1 aromatic rings. The number of anilines is 1. The number of carbonyl (C=O) groups is 5. The van der Waals surface area contributed by atoms with Crippen LogP contribution in [-0.4, -0.2) is 96.6 Å². The summed E-state index contributed by atoms with van der Waals surface area (Å²) in [6.45, 7) is 5.41. The van der Waals surface area contributed by atoms with Crippen molar-refractivity contribution in [2.24, 2.45) is 5.92 Å². The van der Waals surface area contributed by atoms with Crippen molar-refractivity contribution in [3.05, 3.63) is 29.1 Å². The van der Waals surface area contributed by atoms with Gasteiger partial charge >= 0.3 is 0 Å². The molecule has 0 aliphatic carbocycles. The molecule has 0 radical (unpaired) electrons. The lowest BCUT2D eigenvalue weighted by Crippen LogP contribution is -2.54. The standard InChI is InChI=1S/C24H28FN5O5/c25-18-11-16-17(24(35)30(23(16)34)19-1-2-21(32)26-22(19)33)12-20(18)29-5-3-15(4-6-29)13-27-7-9-28(14-31)10-8-27/h11-12,14-15,19H,1-10,13H2,(H,26,32,33). The summed E-state index contributed by atoms with van der Waals surface area (Å²) in [5.41, 5.74) is 0.324. The molecule has 10 nitrogen and oxygen atoms in total. The lowest BCUT2D eigenvalue weighted by atomic mass is 9.95. The largest absolute Gasteiger partial charge is 0.369 e. The summed E-state index contributed by atoms with van der Waals surface area (Å²) in [7, 11) is 0. The average molecular weight is 486 g/mol. The third-order valence-corrected chi connectivity index (χ3v) is 7.53. The molecule has 4 heterocycles. The molecule has 5 rings (SSSR count). The predicted octanol–water partition coefficient (Wildman–Crippen LogP) is 0.217. The number of piperazine rings is 1. The quantitative estimate of drug-likeness (QED) is 0.469. The van der Waals surface area contributed by atoms with Gasteiger partial charge in [-0.1, -0.05) is 0 Å². The first-order valence-corrected chi connectivity index (χ1v) is 12.1. The molecule has 0 saturated carbocycles. The monoisotopic (exact) mass is 485 g/mol. The highest BCUT2D eigenvalue weighted by Crippen LogP contribution is 2.34. The molecule has 1 atom stereocenters. The Kier molecular flexibility index (Phi) is 6.26. The molecule has 11 heteroatoms. The number of nitrogens with zero attached hydrogens (tertiary/aromatic N) is 4. The van der Waals surface area contributed by atoms with Crippen molar-refractivity contribution in [2.75, 3.05) is 50.7 Å². The van der Waals surface area contributed by atoms with E-state index in [4.69, 9.17) is 0 Å². The number of amides is 5. The molecular weight excluding hydrogens is 457 g/mol. The van der Waals surface area contributed by atoms with Gasteiger partial charge in [0.2, 0.25) is 18.2 Å². The maximum atomic E-state index is 15.1. The van der Waals surface area contributed by atoms with Crippen molar-refractivity contribution in [2.45, 2.75) is 31.7 Å². The van der Waals surface area contributed by atoms with Gasteiger partial charge in [0.25, 0.3) is 11.8 Å². The SMILES string of the molecule is O=CN1CCN(CC2CCN(c3cc4c(cc3F)C(=O)N(C3CCC(=O)NC3=O)C4=O)CC2)CC1. The zero-order valence-corrected chi connectivity index (χ0v) is 19.4. The molecule has 1 N–H and O–H groups in total. The zero-order chi connectivity index (χ0) is 24.7. The van der Waals surface area contributed by atoms with Crippen LogP contribution in [0.4, 0.5) is 10.1 Å². The van der Waals surface area contributed by atoms with E-state index < -0.39 is 35.5 Å². The number of rotatable bonds is 5. The van der Waals surface area contributed by atoms with Gasteiger partial charge in [-0.2, -0.15) is 0 Å². The van der Waals surface area contributed by atoms with Crippen LogP contribution in [-0.2, 0) is 14.4 Å². The summed E-state index contributed by atoms with van der Waals surface area (Å²) in [5.74, 6) is -2.58. The van der Waals surface area contributed by atoms with Crippen LogP contribution < -0.4 is 10.2 Å². The lowest BCUT2D eigenvalue weighted by Gasteiger charge is -2.38. The van der Waals surface area contributed by atoms with Gasteiger partial charge in [0.05, 0.1) is 16.8 Å². The third-order valence-electron chi connectivity index (χ3n) is 7.53. The van der Waals surface area contributed by atoms with Gasteiger partial charge in [-0.15, -0.1) is 0 Å². The fraction of sp³-hybridized carbons (Fsp3) is 0.542. The Hall–Kier alpha value is -3.34. The van der Waals surface area contributed by atoms with Crippen LogP contribution in [0.15, 0.2) is 12.1 Å². The third kappa shape index (κ3) is 4.40. The summed E-state index contributed by atoms with van der Waals surface area (Å²) >= 11 is 0. The second-order valence-corrected chi connectivity index (χ2v) is 9.67. The number of piperidine rings is 2. The van der Waals surface area contributed by atoms with Gasteiger partial charge in [0.1, 0.15) is 11.9 Å². The van der Waals surface area contributed by atoms with E-state index in [-0.39, 0.29) is 29.7 Å². The smallest absolute Gasteiger partial charge is 0.262 e. The highest BCUT2D eigenvalue weighted by molar-refractivity contribution is 6.23. The van der Waals surface area contributed by atoms with Gasteiger partial charge in [-0.25, -0.2) is 4.39 Å². The van der Waals surface area contributed by atoms with Gasteiger partial charge in [-0.05, 0) is 37.3 Å². The summed E-state index contributed by atoms with van der Waals surface area (Å²) in [6, 6.07) is 1.45. The molecule has 0 spiro atoms. The average Bonchev–Trinajstić information content (AvgIpc) is 3.09. The van der Waals surface area contributed by atoms with Crippen molar-refractivity contribution < 1.29 is 28.4 Å². The minimum Gasteiger partial charge on any atom is -0.369 e. The highest BCUT2D eigenvalue weighted by atomic mass is 19.1. The van der Waals surface area contributed by atoms with Crippen molar-refractivity contribution in [1.82, 2.24) is 20.0 Å². The van der Waals surface area contributed by atoms with Crippen molar-refractivity contribution in [3.63, 3.8) is 0 Å². The molecule has 35 heavy (non-hydrogen) atoms. The van der Waals surface area contributed by atoms with Crippen LogP contribution in [0.2, 0.25) is 0 Å². The van der Waals surface area contributed by atoms with Gasteiger partial charge in [0.15, 0.2) is 0 Å². The van der Waals surface area contributed by atoms with E-state index in [0.717, 1.165) is 62.9 Å². The minimum atomic E-state index is -1.07. The molecule has 0 bridgehead atoms. The van der Waals surface area contributed by atoms with E-state index >= 15 is 4.39 Å². The molecular formula is C24H28FN5O5. The molecule has 3 saturated heterocycles. The summed E-state index contributed by atoms with van der Waals surface area (Å²) < 4.78 is 15.1. The first kappa shape index (κ1) is 23.4. The molecule has 5 amide bonds. The van der Waals surface area contributed by atoms with Crippen LogP contribution in [0.5, 0.6) is 0 Å². The number of benzene rings is 1. The number of imide groups is 2. The van der Waals surface area contributed by atoms with E-state index in [1.54, 1.807) is 4.90 Å². The Bertz CT molecular complexity index is 1080. The summed E-state index contributed by atoms with van der Waals surface area (Å²) in [5, 5.41) is 2.16. The first-order valence-electron chi connectivity index (χ1n) is 12.1. The predicted molar refractivity (Wildman–Crippen MR) is 122 cm³/mol. The lowest BCUT2D eigenvalue weighted by molar-refractivity contribution is -0.136. The van der Waals surface area contributed by atoms with E-state index in [1.165, 1.54) is 6.07 Å². The van der Waals surface area contributed by atoms with Crippen LogP contribution in [0, 0.1) is 11.7 Å². The van der Waals surface area contributed by atoms with Crippen LogP contribution in [0.3, 0.4) is 0 Å². The second-order valence-electron chi connectivity index (χ2n) is 9.67. The second kappa shape index (κ2) is 9.37. The van der Waals surface area contributed by atoms with E-state index in [9.17, 15) is 24.0 Å². The Morgan fingerprint density at radius 3 is 2.20 bits per heavy atom. The maximum Gasteiger partial charge on any atom is 0.262 e. The molecule has 4 aliphatic rings. The number of halogens is 1. The van der Waals surface area contributed by atoms with Crippen molar-refractivity contribution in [3.8, 4) is 0 Å². The molecule has 186 valence electrons. The van der Waals surface area contributed by atoms with Crippen LogP contribution >= 0.6 is 0 Å². The summed E-state index contributed by atoms with van der Waals surface area (Å²) in [4.78, 5) is 67.4. The Morgan fingerprint density at radius 2 is 1.57 bits per heavy atom. The molecule has 1 aromatic carbocycles.